The maximum Gasteiger partial charge on any atom is 0.251 e. The van der Waals surface area contributed by atoms with Crippen molar-refractivity contribution in [3.8, 4) is 5.75 Å². The minimum absolute atomic E-state index is 0.174. The van der Waals surface area contributed by atoms with Crippen molar-refractivity contribution in [1.29, 1.82) is 0 Å². The van der Waals surface area contributed by atoms with Crippen LogP contribution in [0.15, 0.2) is 53.4 Å². The highest BCUT2D eigenvalue weighted by molar-refractivity contribution is 7.89. The average Bonchev–Trinajstić information content (AvgIpc) is 3.03. The molecule has 1 fully saturated rings. The molecule has 1 aliphatic heterocycles. The summed E-state index contributed by atoms with van der Waals surface area (Å²) >= 11 is 0. The van der Waals surface area contributed by atoms with Crippen molar-refractivity contribution in [2.45, 2.75) is 44.0 Å². The van der Waals surface area contributed by atoms with E-state index in [-0.39, 0.29) is 10.8 Å². The molecule has 1 heterocycles. The average molecular weight is 417 g/mol. The van der Waals surface area contributed by atoms with Crippen LogP contribution in [-0.2, 0) is 16.6 Å². The van der Waals surface area contributed by atoms with E-state index in [0.29, 0.717) is 31.8 Å². The first-order chi connectivity index (χ1) is 14.0. The summed E-state index contributed by atoms with van der Waals surface area (Å²) in [5.41, 5.74) is 1.28. The number of hydrogen-bond acceptors (Lipinski definition) is 4. The van der Waals surface area contributed by atoms with Gasteiger partial charge in [0.05, 0.1) is 11.5 Å². The number of sulfonamides is 1. The van der Waals surface area contributed by atoms with Gasteiger partial charge < -0.3 is 10.1 Å². The molecule has 7 heteroatoms. The normalized spacial score (nSPS) is 15.5. The van der Waals surface area contributed by atoms with Crippen molar-refractivity contribution in [3.63, 3.8) is 0 Å². The largest absolute Gasteiger partial charge is 0.494 e. The Labute approximate surface area is 172 Å². The molecule has 0 spiro atoms. The van der Waals surface area contributed by atoms with Crippen LogP contribution in [0.3, 0.4) is 0 Å². The lowest BCUT2D eigenvalue weighted by molar-refractivity contribution is 0.0950. The van der Waals surface area contributed by atoms with E-state index in [0.717, 1.165) is 37.0 Å². The second-order valence-electron chi connectivity index (χ2n) is 7.11. The molecule has 0 unspecified atom stereocenters. The van der Waals surface area contributed by atoms with Crippen LogP contribution >= 0.6 is 0 Å². The molecule has 0 saturated carbocycles. The zero-order chi connectivity index (χ0) is 20.7. The summed E-state index contributed by atoms with van der Waals surface area (Å²) in [5, 5.41) is 2.85. The second kappa shape index (κ2) is 9.89. The molecule has 0 aromatic heterocycles. The van der Waals surface area contributed by atoms with Gasteiger partial charge in [0.2, 0.25) is 10.0 Å². The number of carbonyl (C=O) groups is 1. The van der Waals surface area contributed by atoms with Crippen molar-refractivity contribution >= 4 is 15.9 Å². The van der Waals surface area contributed by atoms with Gasteiger partial charge in [-0.05, 0) is 55.7 Å². The van der Waals surface area contributed by atoms with E-state index in [2.05, 4.69) is 5.32 Å². The predicted molar refractivity (Wildman–Crippen MR) is 112 cm³/mol. The van der Waals surface area contributed by atoms with Gasteiger partial charge in [-0.1, -0.05) is 31.0 Å². The van der Waals surface area contributed by atoms with Crippen molar-refractivity contribution in [1.82, 2.24) is 9.62 Å². The molecule has 0 atom stereocenters. The van der Waals surface area contributed by atoms with E-state index in [4.69, 9.17) is 4.74 Å². The van der Waals surface area contributed by atoms with Crippen molar-refractivity contribution in [2.75, 3.05) is 19.7 Å². The van der Waals surface area contributed by atoms with Crippen LogP contribution in [0.2, 0.25) is 0 Å². The molecule has 1 aliphatic rings. The molecular weight excluding hydrogens is 388 g/mol. The molecule has 1 N–H and O–H groups in total. The molecule has 6 nitrogen and oxygen atoms in total. The zero-order valence-corrected chi connectivity index (χ0v) is 17.6. The lowest BCUT2D eigenvalue weighted by Crippen LogP contribution is -2.32. The van der Waals surface area contributed by atoms with Gasteiger partial charge in [0.15, 0.2) is 0 Å². The van der Waals surface area contributed by atoms with Crippen LogP contribution in [0.1, 0.15) is 48.5 Å². The fraction of sp³-hybridized carbons (Fsp3) is 0.409. The van der Waals surface area contributed by atoms with Crippen LogP contribution < -0.4 is 10.1 Å². The third kappa shape index (κ3) is 5.58. The maximum atomic E-state index is 13.0. The first-order valence-corrected chi connectivity index (χ1v) is 11.5. The number of ether oxygens (including phenoxy) is 1. The molecule has 0 aliphatic carbocycles. The van der Waals surface area contributed by atoms with Gasteiger partial charge in [-0.2, -0.15) is 4.31 Å². The molecule has 2 aromatic rings. The first kappa shape index (κ1) is 21.3. The summed E-state index contributed by atoms with van der Waals surface area (Å²) in [5.74, 6) is 0.487. The highest BCUT2D eigenvalue weighted by atomic mass is 32.2. The van der Waals surface area contributed by atoms with Crippen molar-refractivity contribution in [2.24, 2.45) is 0 Å². The number of carbonyl (C=O) groups excluding carboxylic acids is 1. The van der Waals surface area contributed by atoms with E-state index >= 15 is 0 Å². The molecular formula is C22H28N2O4S. The summed E-state index contributed by atoms with van der Waals surface area (Å²) in [6, 6.07) is 13.8. The number of rotatable bonds is 7. The quantitative estimate of drug-likeness (QED) is 0.749. The summed E-state index contributed by atoms with van der Waals surface area (Å²) in [7, 11) is -3.58. The van der Waals surface area contributed by atoms with E-state index in [9.17, 15) is 13.2 Å². The molecule has 3 rings (SSSR count). The number of benzene rings is 2. The number of amides is 1. The second-order valence-corrected chi connectivity index (χ2v) is 9.04. The minimum atomic E-state index is -3.58. The third-order valence-electron chi connectivity index (χ3n) is 4.99. The van der Waals surface area contributed by atoms with E-state index in [1.54, 1.807) is 18.2 Å². The molecule has 2 aromatic carbocycles. The highest BCUT2D eigenvalue weighted by Gasteiger charge is 2.25. The Kier molecular flexibility index (Phi) is 7.28. The summed E-state index contributed by atoms with van der Waals surface area (Å²) in [6.45, 7) is 3.96. The van der Waals surface area contributed by atoms with Crippen LogP contribution in [0.5, 0.6) is 5.75 Å². The monoisotopic (exact) mass is 416 g/mol. The first-order valence-electron chi connectivity index (χ1n) is 10.1. The van der Waals surface area contributed by atoms with Gasteiger partial charge in [0, 0.05) is 25.2 Å². The lowest BCUT2D eigenvalue weighted by Gasteiger charge is -2.20. The Morgan fingerprint density at radius 3 is 2.38 bits per heavy atom. The Bertz CT molecular complexity index is 918. The maximum absolute atomic E-state index is 13.0. The van der Waals surface area contributed by atoms with Crippen molar-refractivity contribution in [3.05, 3.63) is 59.7 Å². The van der Waals surface area contributed by atoms with Crippen molar-refractivity contribution < 1.29 is 17.9 Å². The van der Waals surface area contributed by atoms with Gasteiger partial charge in [-0.15, -0.1) is 0 Å². The molecule has 1 amide bonds. The van der Waals surface area contributed by atoms with Crippen LogP contribution in [0.4, 0.5) is 0 Å². The summed E-state index contributed by atoms with van der Waals surface area (Å²) in [6.07, 6.45) is 3.86. The van der Waals surface area contributed by atoms with Gasteiger partial charge >= 0.3 is 0 Å². The lowest BCUT2D eigenvalue weighted by atomic mass is 10.2. The zero-order valence-electron chi connectivity index (χ0n) is 16.8. The Morgan fingerprint density at radius 2 is 1.72 bits per heavy atom. The van der Waals surface area contributed by atoms with Gasteiger partial charge in [-0.3, -0.25) is 4.79 Å². The van der Waals surface area contributed by atoms with Crippen LogP contribution in [-0.4, -0.2) is 38.3 Å². The molecule has 0 bridgehead atoms. The minimum Gasteiger partial charge on any atom is -0.494 e. The molecule has 0 radical (unpaired) electrons. The third-order valence-corrected chi connectivity index (χ3v) is 6.88. The Hall–Kier alpha value is -2.38. The van der Waals surface area contributed by atoms with E-state index in [1.165, 1.54) is 10.4 Å². The van der Waals surface area contributed by atoms with Gasteiger partial charge in [-0.25, -0.2) is 8.42 Å². The Balaban J connectivity index is 1.67. The number of nitrogens with zero attached hydrogens (tertiary/aromatic N) is 1. The fourth-order valence-electron chi connectivity index (χ4n) is 3.38. The van der Waals surface area contributed by atoms with E-state index in [1.807, 2.05) is 31.2 Å². The molecule has 156 valence electrons. The number of nitrogens with one attached hydrogen (secondary N) is 1. The topological polar surface area (TPSA) is 75.7 Å². The van der Waals surface area contributed by atoms with Gasteiger partial charge in [0.25, 0.3) is 5.91 Å². The van der Waals surface area contributed by atoms with Gasteiger partial charge in [0.1, 0.15) is 5.75 Å². The highest BCUT2D eigenvalue weighted by Crippen LogP contribution is 2.21. The molecule has 1 saturated heterocycles. The smallest absolute Gasteiger partial charge is 0.251 e. The van der Waals surface area contributed by atoms with Crippen LogP contribution in [0, 0.1) is 0 Å². The standard InChI is InChI=1S/C22H28N2O4S/c1-2-28-20-12-10-18(11-13-20)17-23-22(25)19-8-7-9-21(16-19)29(26,27)24-14-5-3-4-6-15-24/h7-13,16H,2-6,14-15,17H2,1H3,(H,23,25). The Morgan fingerprint density at radius 1 is 1.03 bits per heavy atom. The SMILES string of the molecule is CCOc1ccc(CNC(=O)c2cccc(S(=O)(=O)N3CCCCCC3)c2)cc1. The fourth-order valence-corrected chi connectivity index (χ4v) is 4.95. The number of hydrogen-bond donors (Lipinski definition) is 1. The summed E-state index contributed by atoms with van der Waals surface area (Å²) < 4.78 is 32.9. The predicted octanol–water partition coefficient (Wildman–Crippen LogP) is 3.58. The van der Waals surface area contributed by atoms with Crippen LogP contribution in [0.25, 0.3) is 0 Å². The van der Waals surface area contributed by atoms with E-state index < -0.39 is 10.0 Å². The summed E-state index contributed by atoms with van der Waals surface area (Å²) in [4.78, 5) is 12.7. The molecule has 29 heavy (non-hydrogen) atoms.